The number of fused-ring (bicyclic) bond motifs is 4. The molecule has 5 rings (SSSR count). The Hall–Kier alpha value is -3.65. The lowest BCUT2D eigenvalue weighted by Gasteiger charge is -2.18. The van der Waals surface area contributed by atoms with Gasteiger partial charge in [-0.15, -0.1) is 0 Å². The zero-order chi connectivity index (χ0) is 22.1. The lowest BCUT2D eigenvalue weighted by molar-refractivity contribution is -0.143. The maximum absolute atomic E-state index is 13.0. The average Bonchev–Trinajstić information content (AvgIpc) is 3.16. The van der Waals surface area contributed by atoms with Crippen LogP contribution < -0.4 is 14.3 Å². The third kappa shape index (κ3) is 3.73. The topological polar surface area (TPSA) is 79.1 Å². The molecule has 0 fully saturated rings. The van der Waals surface area contributed by atoms with Crippen molar-refractivity contribution in [1.29, 1.82) is 0 Å². The molecule has 8 heteroatoms. The van der Waals surface area contributed by atoms with E-state index in [9.17, 15) is 9.59 Å². The number of hydrogen-bond acceptors (Lipinski definition) is 6. The number of amides is 1. The van der Waals surface area contributed by atoms with Crippen LogP contribution in [0.25, 0.3) is 21.0 Å². The van der Waals surface area contributed by atoms with Crippen LogP contribution in [0.15, 0.2) is 59.6 Å². The smallest absolute Gasteiger partial charge is 0.326 e. The van der Waals surface area contributed by atoms with Gasteiger partial charge in [0.1, 0.15) is 19.8 Å². The third-order valence-corrected chi connectivity index (χ3v) is 6.28. The highest BCUT2D eigenvalue weighted by molar-refractivity contribution is 7.17. The van der Waals surface area contributed by atoms with E-state index in [0.29, 0.717) is 35.1 Å². The molecule has 2 heterocycles. The Balaban J connectivity index is 1.64. The molecule has 0 atom stereocenters. The van der Waals surface area contributed by atoms with Crippen molar-refractivity contribution in [2.45, 2.75) is 13.5 Å². The normalized spacial score (nSPS) is 13.5. The van der Waals surface area contributed by atoms with Crippen LogP contribution in [-0.4, -0.2) is 36.3 Å². The Labute approximate surface area is 187 Å². The molecule has 4 aromatic rings. The first-order valence-electron chi connectivity index (χ1n) is 10.3. The van der Waals surface area contributed by atoms with Gasteiger partial charge in [-0.25, -0.2) is 0 Å². The Morgan fingerprint density at radius 1 is 1.06 bits per heavy atom. The Bertz CT molecular complexity index is 1420. The van der Waals surface area contributed by atoms with Crippen LogP contribution in [0, 0.1) is 0 Å². The first-order chi connectivity index (χ1) is 15.6. The minimum atomic E-state index is -0.421. The van der Waals surface area contributed by atoms with Gasteiger partial charge in [0, 0.05) is 10.9 Å². The molecule has 0 radical (unpaired) electrons. The number of benzene rings is 3. The minimum absolute atomic E-state index is 0.0283. The van der Waals surface area contributed by atoms with Gasteiger partial charge in [-0.05, 0) is 36.6 Å². The second kappa shape index (κ2) is 8.47. The molecule has 32 heavy (non-hydrogen) atoms. The monoisotopic (exact) mass is 448 g/mol. The number of ether oxygens (including phenoxy) is 3. The van der Waals surface area contributed by atoms with Gasteiger partial charge in [-0.2, -0.15) is 4.99 Å². The van der Waals surface area contributed by atoms with Crippen LogP contribution in [0.4, 0.5) is 0 Å². The molecule has 0 spiro atoms. The molecule has 0 aliphatic carbocycles. The number of thiazole rings is 1. The second-order valence-corrected chi connectivity index (χ2v) is 8.16. The summed E-state index contributed by atoms with van der Waals surface area (Å²) in [6.07, 6.45) is 0. The van der Waals surface area contributed by atoms with Crippen LogP contribution in [0.3, 0.4) is 0 Å². The van der Waals surface area contributed by atoms with E-state index in [0.717, 1.165) is 21.0 Å². The number of carbonyl (C=O) groups is 2. The van der Waals surface area contributed by atoms with Gasteiger partial charge >= 0.3 is 5.97 Å². The summed E-state index contributed by atoms with van der Waals surface area (Å²) in [6, 6.07) is 17.0. The van der Waals surface area contributed by atoms with Crippen LogP contribution >= 0.6 is 11.3 Å². The molecule has 1 aliphatic rings. The summed E-state index contributed by atoms with van der Waals surface area (Å²) in [6.45, 7) is 2.93. The highest BCUT2D eigenvalue weighted by atomic mass is 32.1. The average molecular weight is 449 g/mol. The summed E-state index contributed by atoms with van der Waals surface area (Å²) >= 11 is 1.38. The van der Waals surface area contributed by atoms with E-state index in [4.69, 9.17) is 14.2 Å². The Morgan fingerprint density at radius 3 is 2.72 bits per heavy atom. The molecule has 0 bridgehead atoms. The summed E-state index contributed by atoms with van der Waals surface area (Å²) < 4.78 is 18.9. The third-order valence-electron chi connectivity index (χ3n) is 5.15. The summed E-state index contributed by atoms with van der Waals surface area (Å²) in [4.78, 5) is 30.1. The van der Waals surface area contributed by atoms with Crippen molar-refractivity contribution in [1.82, 2.24) is 4.57 Å². The van der Waals surface area contributed by atoms with Crippen molar-refractivity contribution in [3.63, 3.8) is 0 Å². The van der Waals surface area contributed by atoms with E-state index in [1.807, 2.05) is 36.4 Å². The number of aromatic nitrogens is 1. The van der Waals surface area contributed by atoms with E-state index >= 15 is 0 Å². The highest BCUT2D eigenvalue weighted by Crippen LogP contribution is 2.31. The van der Waals surface area contributed by atoms with Crippen molar-refractivity contribution in [2.75, 3.05) is 19.8 Å². The van der Waals surface area contributed by atoms with Crippen molar-refractivity contribution in [2.24, 2.45) is 4.99 Å². The fourth-order valence-electron chi connectivity index (χ4n) is 3.70. The zero-order valence-electron chi connectivity index (χ0n) is 17.4. The first-order valence-corrected chi connectivity index (χ1v) is 11.1. The quantitative estimate of drug-likeness (QED) is 0.442. The predicted octanol–water partition coefficient (Wildman–Crippen LogP) is 3.93. The van der Waals surface area contributed by atoms with Crippen molar-refractivity contribution >= 4 is 44.2 Å². The SMILES string of the molecule is CCOC(=O)Cn1c(=NC(=O)c2ccc3c(c2)OCCO3)sc2c3ccccc3ccc21. The molecule has 0 saturated heterocycles. The van der Waals surface area contributed by atoms with Gasteiger partial charge in [0.25, 0.3) is 5.91 Å². The van der Waals surface area contributed by atoms with E-state index in [2.05, 4.69) is 4.99 Å². The van der Waals surface area contributed by atoms with Gasteiger partial charge < -0.3 is 18.8 Å². The lowest BCUT2D eigenvalue weighted by Crippen LogP contribution is -2.23. The predicted molar refractivity (Wildman–Crippen MR) is 121 cm³/mol. The van der Waals surface area contributed by atoms with Crippen LogP contribution in [0.5, 0.6) is 11.5 Å². The molecule has 1 amide bonds. The molecule has 0 saturated carbocycles. The lowest BCUT2D eigenvalue weighted by atomic mass is 10.1. The molecule has 1 aromatic heterocycles. The van der Waals surface area contributed by atoms with E-state index in [1.54, 1.807) is 29.7 Å². The number of nitrogens with zero attached hydrogens (tertiary/aromatic N) is 2. The van der Waals surface area contributed by atoms with Gasteiger partial charge in [-0.3, -0.25) is 9.59 Å². The van der Waals surface area contributed by atoms with E-state index in [-0.39, 0.29) is 19.1 Å². The van der Waals surface area contributed by atoms with Gasteiger partial charge in [-0.1, -0.05) is 41.7 Å². The van der Waals surface area contributed by atoms with Crippen molar-refractivity contribution in [3.8, 4) is 11.5 Å². The van der Waals surface area contributed by atoms with Crippen molar-refractivity contribution < 1.29 is 23.8 Å². The molecule has 0 unspecified atom stereocenters. The number of carbonyl (C=O) groups excluding carboxylic acids is 2. The molecular formula is C24H20N2O5S. The number of rotatable bonds is 4. The van der Waals surface area contributed by atoms with Gasteiger partial charge in [0.15, 0.2) is 16.3 Å². The fourth-order valence-corrected chi connectivity index (χ4v) is 4.86. The van der Waals surface area contributed by atoms with Gasteiger partial charge in [0.05, 0.1) is 16.8 Å². The number of hydrogen-bond donors (Lipinski definition) is 0. The molecule has 162 valence electrons. The van der Waals surface area contributed by atoms with E-state index in [1.165, 1.54) is 11.3 Å². The van der Waals surface area contributed by atoms with Gasteiger partial charge in [0.2, 0.25) is 0 Å². The summed E-state index contributed by atoms with van der Waals surface area (Å²) in [5.41, 5.74) is 1.22. The van der Waals surface area contributed by atoms with Crippen LogP contribution in [0.2, 0.25) is 0 Å². The fraction of sp³-hybridized carbons (Fsp3) is 0.208. The second-order valence-electron chi connectivity index (χ2n) is 7.19. The first kappa shape index (κ1) is 20.3. The molecule has 0 N–H and O–H groups in total. The minimum Gasteiger partial charge on any atom is -0.486 e. The number of esters is 1. The highest BCUT2D eigenvalue weighted by Gasteiger charge is 2.17. The van der Waals surface area contributed by atoms with Crippen LogP contribution in [-0.2, 0) is 16.1 Å². The Morgan fingerprint density at radius 2 is 1.88 bits per heavy atom. The van der Waals surface area contributed by atoms with E-state index < -0.39 is 5.91 Å². The summed E-state index contributed by atoms with van der Waals surface area (Å²) in [7, 11) is 0. The molecule has 1 aliphatic heterocycles. The molecule has 3 aromatic carbocycles. The summed E-state index contributed by atoms with van der Waals surface area (Å²) in [5, 5.41) is 2.12. The standard InChI is InChI=1S/C24H20N2O5S/c1-2-29-21(27)14-26-18-9-7-15-5-3-4-6-17(15)22(18)32-24(26)25-23(28)16-8-10-19-20(13-16)31-12-11-30-19/h3-10,13H,2,11-12,14H2,1H3. The largest absolute Gasteiger partial charge is 0.486 e. The maximum atomic E-state index is 13.0. The maximum Gasteiger partial charge on any atom is 0.326 e. The van der Waals surface area contributed by atoms with Crippen molar-refractivity contribution in [3.05, 3.63) is 65.0 Å². The van der Waals surface area contributed by atoms with Crippen LogP contribution in [0.1, 0.15) is 17.3 Å². The zero-order valence-corrected chi connectivity index (χ0v) is 18.2. The molecular weight excluding hydrogens is 428 g/mol. The summed E-state index contributed by atoms with van der Waals surface area (Å²) in [5.74, 6) is 0.335. The Kier molecular flexibility index (Phi) is 5.36. The molecule has 7 nitrogen and oxygen atoms in total.